The molecule has 1 aliphatic rings. The zero-order valence-corrected chi connectivity index (χ0v) is 11.5. The summed E-state index contributed by atoms with van der Waals surface area (Å²) in [4.78, 5) is 14.0. The van der Waals surface area contributed by atoms with Crippen LogP contribution in [0.4, 0.5) is 0 Å². The van der Waals surface area contributed by atoms with E-state index in [2.05, 4.69) is 36.3 Å². The number of nitrogens with one attached hydrogen (secondary N) is 2. The van der Waals surface area contributed by atoms with Crippen LogP contribution in [0.5, 0.6) is 0 Å². The van der Waals surface area contributed by atoms with Crippen molar-refractivity contribution in [3.63, 3.8) is 0 Å². The molecule has 0 bridgehead atoms. The highest BCUT2D eigenvalue weighted by Gasteiger charge is 2.21. The SMILES string of the molecule is CCC(C)NCC(=O)NCC1CCN(CC)C1. The molecule has 0 radical (unpaired) electrons. The van der Waals surface area contributed by atoms with Crippen LogP contribution in [0.15, 0.2) is 0 Å². The molecule has 1 amide bonds. The van der Waals surface area contributed by atoms with Crippen molar-refractivity contribution in [3.05, 3.63) is 0 Å². The number of rotatable bonds is 7. The van der Waals surface area contributed by atoms with E-state index in [0.29, 0.717) is 18.5 Å². The number of carbonyl (C=O) groups excluding carboxylic acids is 1. The van der Waals surface area contributed by atoms with Gasteiger partial charge in [0, 0.05) is 19.1 Å². The molecule has 1 heterocycles. The lowest BCUT2D eigenvalue weighted by Crippen LogP contribution is -2.39. The minimum atomic E-state index is 0.125. The van der Waals surface area contributed by atoms with Gasteiger partial charge in [0.15, 0.2) is 0 Å². The van der Waals surface area contributed by atoms with E-state index < -0.39 is 0 Å². The quantitative estimate of drug-likeness (QED) is 0.694. The smallest absolute Gasteiger partial charge is 0.233 e. The van der Waals surface area contributed by atoms with Crippen molar-refractivity contribution >= 4 is 5.91 Å². The number of likely N-dealkylation sites (tertiary alicyclic amines) is 1. The maximum Gasteiger partial charge on any atom is 0.233 e. The zero-order chi connectivity index (χ0) is 12.7. The monoisotopic (exact) mass is 241 g/mol. The van der Waals surface area contributed by atoms with Crippen molar-refractivity contribution in [1.82, 2.24) is 15.5 Å². The lowest BCUT2D eigenvalue weighted by atomic mass is 10.1. The van der Waals surface area contributed by atoms with Gasteiger partial charge in [0.25, 0.3) is 0 Å². The largest absolute Gasteiger partial charge is 0.355 e. The second-order valence-corrected chi connectivity index (χ2v) is 5.04. The number of hydrogen-bond donors (Lipinski definition) is 2. The van der Waals surface area contributed by atoms with Crippen molar-refractivity contribution in [2.75, 3.05) is 32.7 Å². The molecule has 2 atom stereocenters. The van der Waals surface area contributed by atoms with E-state index in [4.69, 9.17) is 0 Å². The first-order chi connectivity index (χ1) is 8.15. The van der Waals surface area contributed by atoms with Crippen LogP contribution in [-0.4, -0.2) is 49.6 Å². The van der Waals surface area contributed by atoms with Gasteiger partial charge in [-0.2, -0.15) is 0 Å². The van der Waals surface area contributed by atoms with Crippen molar-refractivity contribution in [3.8, 4) is 0 Å². The summed E-state index contributed by atoms with van der Waals surface area (Å²) in [6, 6.07) is 0.419. The van der Waals surface area contributed by atoms with Crippen LogP contribution in [0.1, 0.15) is 33.6 Å². The summed E-state index contributed by atoms with van der Waals surface area (Å²) in [6.45, 7) is 11.1. The Morgan fingerprint density at radius 1 is 1.47 bits per heavy atom. The Morgan fingerprint density at radius 2 is 2.24 bits per heavy atom. The third-order valence-electron chi connectivity index (χ3n) is 3.63. The van der Waals surface area contributed by atoms with Gasteiger partial charge in [-0.3, -0.25) is 4.79 Å². The molecule has 1 rings (SSSR count). The van der Waals surface area contributed by atoms with Crippen LogP contribution in [0.2, 0.25) is 0 Å². The molecule has 1 aliphatic heterocycles. The fraction of sp³-hybridized carbons (Fsp3) is 0.923. The van der Waals surface area contributed by atoms with Crippen LogP contribution < -0.4 is 10.6 Å². The maximum atomic E-state index is 11.6. The van der Waals surface area contributed by atoms with Gasteiger partial charge in [-0.25, -0.2) is 0 Å². The van der Waals surface area contributed by atoms with Gasteiger partial charge in [-0.15, -0.1) is 0 Å². The minimum absolute atomic E-state index is 0.125. The second-order valence-electron chi connectivity index (χ2n) is 5.04. The first-order valence-electron chi connectivity index (χ1n) is 6.88. The van der Waals surface area contributed by atoms with E-state index in [9.17, 15) is 4.79 Å². The number of carbonyl (C=O) groups is 1. The van der Waals surface area contributed by atoms with Gasteiger partial charge >= 0.3 is 0 Å². The molecule has 0 aliphatic carbocycles. The predicted molar refractivity (Wildman–Crippen MR) is 71.0 cm³/mol. The molecule has 4 nitrogen and oxygen atoms in total. The number of nitrogens with zero attached hydrogens (tertiary/aromatic N) is 1. The van der Waals surface area contributed by atoms with E-state index in [0.717, 1.165) is 26.1 Å². The topological polar surface area (TPSA) is 44.4 Å². The first-order valence-corrected chi connectivity index (χ1v) is 6.88. The molecule has 2 N–H and O–H groups in total. The highest BCUT2D eigenvalue weighted by molar-refractivity contribution is 5.78. The summed E-state index contributed by atoms with van der Waals surface area (Å²) in [5, 5.41) is 6.23. The Hall–Kier alpha value is -0.610. The van der Waals surface area contributed by atoms with Crippen LogP contribution in [0.25, 0.3) is 0 Å². The predicted octanol–water partition coefficient (Wildman–Crippen LogP) is 0.833. The van der Waals surface area contributed by atoms with Crippen LogP contribution >= 0.6 is 0 Å². The highest BCUT2D eigenvalue weighted by Crippen LogP contribution is 2.14. The van der Waals surface area contributed by atoms with Crippen molar-refractivity contribution in [1.29, 1.82) is 0 Å². The van der Waals surface area contributed by atoms with Crippen molar-refractivity contribution in [2.45, 2.75) is 39.7 Å². The molecule has 4 heteroatoms. The number of hydrogen-bond acceptors (Lipinski definition) is 3. The molecule has 1 saturated heterocycles. The summed E-state index contributed by atoms with van der Waals surface area (Å²) in [5.74, 6) is 0.766. The molecule has 2 unspecified atom stereocenters. The van der Waals surface area contributed by atoms with Gasteiger partial charge in [-0.1, -0.05) is 13.8 Å². The van der Waals surface area contributed by atoms with E-state index in [1.165, 1.54) is 13.0 Å². The average Bonchev–Trinajstić information content (AvgIpc) is 2.81. The third-order valence-corrected chi connectivity index (χ3v) is 3.63. The van der Waals surface area contributed by atoms with E-state index in [1.807, 2.05) is 0 Å². The minimum Gasteiger partial charge on any atom is -0.355 e. The fourth-order valence-corrected chi connectivity index (χ4v) is 2.10. The second kappa shape index (κ2) is 7.67. The van der Waals surface area contributed by atoms with Crippen LogP contribution in [-0.2, 0) is 4.79 Å². The summed E-state index contributed by atoms with van der Waals surface area (Å²) in [6.07, 6.45) is 2.27. The Morgan fingerprint density at radius 3 is 2.82 bits per heavy atom. The van der Waals surface area contributed by atoms with E-state index in [-0.39, 0.29) is 5.91 Å². The molecule has 0 saturated carbocycles. The zero-order valence-electron chi connectivity index (χ0n) is 11.5. The summed E-state index contributed by atoms with van der Waals surface area (Å²) in [7, 11) is 0. The Bertz CT molecular complexity index is 233. The Balaban J connectivity index is 2.08. The normalized spacial score (nSPS) is 22.6. The molecule has 1 fully saturated rings. The molecular formula is C13H27N3O. The molecular weight excluding hydrogens is 214 g/mol. The molecule has 0 aromatic heterocycles. The number of amides is 1. The van der Waals surface area contributed by atoms with Gasteiger partial charge < -0.3 is 15.5 Å². The maximum absolute atomic E-state index is 11.6. The lowest BCUT2D eigenvalue weighted by Gasteiger charge is -2.15. The molecule has 0 spiro atoms. The van der Waals surface area contributed by atoms with E-state index in [1.54, 1.807) is 0 Å². The van der Waals surface area contributed by atoms with Crippen molar-refractivity contribution in [2.24, 2.45) is 5.92 Å². The van der Waals surface area contributed by atoms with Crippen LogP contribution in [0, 0.1) is 5.92 Å². The average molecular weight is 241 g/mol. The van der Waals surface area contributed by atoms with Gasteiger partial charge in [0.05, 0.1) is 6.54 Å². The van der Waals surface area contributed by atoms with Crippen molar-refractivity contribution < 1.29 is 4.79 Å². The summed E-state index contributed by atoms with van der Waals surface area (Å²) < 4.78 is 0. The lowest BCUT2D eigenvalue weighted by molar-refractivity contribution is -0.120. The van der Waals surface area contributed by atoms with Crippen LogP contribution in [0.3, 0.4) is 0 Å². The fourth-order valence-electron chi connectivity index (χ4n) is 2.10. The van der Waals surface area contributed by atoms with Gasteiger partial charge in [-0.05, 0) is 38.8 Å². The van der Waals surface area contributed by atoms with Gasteiger partial charge in [0.1, 0.15) is 0 Å². The Kier molecular flexibility index (Phi) is 6.52. The summed E-state index contributed by atoms with van der Waals surface area (Å²) in [5.41, 5.74) is 0. The highest BCUT2D eigenvalue weighted by atomic mass is 16.1. The molecule has 100 valence electrons. The molecule has 0 aromatic rings. The third kappa shape index (κ3) is 5.50. The molecule has 0 aromatic carbocycles. The standard InChI is InChI=1S/C13H27N3O/c1-4-11(3)14-9-13(17)15-8-12-6-7-16(5-2)10-12/h11-12,14H,4-10H2,1-3H3,(H,15,17). The van der Waals surface area contributed by atoms with E-state index >= 15 is 0 Å². The van der Waals surface area contributed by atoms with Gasteiger partial charge in [0.2, 0.25) is 5.91 Å². The first kappa shape index (κ1) is 14.5. The molecule has 17 heavy (non-hydrogen) atoms. The Labute approximate surface area is 105 Å². The summed E-state index contributed by atoms with van der Waals surface area (Å²) >= 11 is 0.